The second-order valence-electron chi connectivity index (χ2n) is 3.78. The highest BCUT2D eigenvalue weighted by Gasteiger charge is 2.13. The summed E-state index contributed by atoms with van der Waals surface area (Å²) >= 11 is 0. The fourth-order valence-electron chi connectivity index (χ4n) is 1.75. The van der Waals surface area contributed by atoms with Gasteiger partial charge >= 0.3 is 0 Å². The van der Waals surface area contributed by atoms with Gasteiger partial charge in [-0.25, -0.2) is 0 Å². The number of nitrogens with zero attached hydrogens (tertiary/aromatic N) is 3. The summed E-state index contributed by atoms with van der Waals surface area (Å²) in [4.78, 5) is 1.48. The van der Waals surface area contributed by atoms with Gasteiger partial charge in [0.2, 0.25) is 0 Å². The minimum absolute atomic E-state index is 0.645. The van der Waals surface area contributed by atoms with Crippen molar-refractivity contribution in [1.82, 2.24) is 15.0 Å². The fraction of sp³-hybridized carbons (Fsp3) is 0.0769. The molecule has 17 heavy (non-hydrogen) atoms. The normalized spacial score (nSPS) is 19.4. The molecule has 2 aromatic rings. The third kappa shape index (κ3) is 1.79. The maximum absolute atomic E-state index is 9.93. The summed E-state index contributed by atoms with van der Waals surface area (Å²) in [7, 11) is 0. The van der Waals surface area contributed by atoms with Crippen molar-refractivity contribution >= 4 is 16.7 Å². The Morgan fingerprint density at radius 1 is 1.00 bits per heavy atom. The zero-order chi connectivity index (χ0) is 11.7. The Morgan fingerprint density at radius 2 is 1.71 bits per heavy atom. The van der Waals surface area contributed by atoms with Gasteiger partial charge in [0.25, 0.3) is 0 Å². The van der Waals surface area contributed by atoms with Crippen LogP contribution in [0.4, 0.5) is 0 Å². The van der Waals surface area contributed by atoms with Crippen LogP contribution >= 0.6 is 0 Å². The van der Waals surface area contributed by atoms with E-state index in [9.17, 15) is 5.11 Å². The zero-order valence-electron chi connectivity index (χ0n) is 9.06. The van der Waals surface area contributed by atoms with Gasteiger partial charge in [-0.15, -0.1) is 10.2 Å². The molecule has 1 atom stereocenters. The van der Waals surface area contributed by atoms with Crippen molar-refractivity contribution in [2.75, 3.05) is 0 Å². The summed E-state index contributed by atoms with van der Waals surface area (Å²) in [5.74, 6) is 0. The average Bonchev–Trinajstić information content (AvgIpc) is 2.65. The molecule has 1 unspecified atom stereocenters. The van der Waals surface area contributed by atoms with Crippen LogP contribution in [0.1, 0.15) is 0 Å². The first-order valence-corrected chi connectivity index (χ1v) is 5.40. The molecule has 0 bridgehead atoms. The smallest absolute Gasteiger partial charge is 0.116 e. The molecule has 1 aliphatic carbocycles. The molecule has 0 radical (unpaired) electrons. The summed E-state index contributed by atoms with van der Waals surface area (Å²) in [6.07, 6.45) is 8.34. The summed E-state index contributed by atoms with van der Waals surface area (Å²) < 4.78 is 0. The van der Waals surface area contributed by atoms with Crippen LogP contribution in [0.2, 0.25) is 0 Å². The lowest BCUT2D eigenvalue weighted by Gasteiger charge is -2.08. The van der Waals surface area contributed by atoms with Gasteiger partial charge in [-0.05, 0) is 18.2 Å². The number of aliphatic hydroxyl groups is 1. The summed E-state index contributed by atoms with van der Waals surface area (Å²) in [5, 5.41) is 18.6. The van der Waals surface area contributed by atoms with Gasteiger partial charge < -0.3 is 5.11 Å². The van der Waals surface area contributed by atoms with Crippen LogP contribution in [0.3, 0.4) is 0 Å². The monoisotopic (exact) mass is 225 g/mol. The molecule has 4 heteroatoms. The van der Waals surface area contributed by atoms with Crippen LogP contribution < -0.4 is 0 Å². The minimum Gasteiger partial charge on any atom is -0.383 e. The molecule has 84 valence electrons. The van der Waals surface area contributed by atoms with Gasteiger partial charge in [0.15, 0.2) is 0 Å². The molecule has 1 aromatic heterocycles. The quantitative estimate of drug-likeness (QED) is 0.804. The van der Waals surface area contributed by atoms with E-state index < -0.39 is 6.10 Å². The van der Waals surface area contributed by atoms with Crippen molar-refractivity contribution in [2.45, 2.75) is 6.10 Å². The van der Waals surface area contributed by atoms with Gasteiger partial charge in [-0.3, -0.25) is 0 Å². The Kier molecular flexibility index (Phi) is 2.34. The van der Waals surface area contributed by atoms with Crippen LogP contribution in [0, 0.1) is 0 Å². The topological polar surface area (TPSA) is 50.9 Å². The number of aromatic nitrogens is 3. The highest BCUT2D eigenvalue weighted by Crippen LogP contribution is 2.15. The van der Waals surface area contributed by atoms with Crippen molar-refractivity contribution in [1.29, 1.82) is 0 Å². The molecule has 1 aromatic carbocycles. The molecule has 3 rings (SSSR count). The Hall–Kier alpha value is -2.20. The van der Waals surface area contributed by atoms with E-state index in [1.54, 1.807) is 12.2 Å². The first kappa shape index (κ1) is 9.99. The van der Waals surface area contributed by atoms with E-state index in [4.69, 9.17) is 0 Å². The Morgan fingerprint density at radius 3 is 2.41 bits per heavy atom. The van der Waals surface area contributed by atoms with Crippen LogP contribution in [0.25, 0.3) is 16.7 Å². The van der Waals surface area contributed by atoms with E-state index in [0.717, 1.165) is 11.0 Å². The molecule has 0 saturated carbocycles. The number of hydrogen-bond donors (Lipinski definition) is 1. The standard InChI is InChI=1S/C13H11N3O/c17-13-9-3-1-2-8-12(13)16-14-10-6-4-5-7-11(10)15-16/h1-9,13,17H. The van der Waals surface area contributed by atoms with Crippen LogP contribution in [0.5, 0.6) is 0 Å². The van der Waals surface area contributed by atoms with Crippen molar-refractivity contribution in [3.8, 4) is 0 Å². The number of hydrogen-bond acceptors (Lipinski definition) is 3. The first-order chi connectivity index (χ1) is 8.34. The SMILES string of the molecule is OC1C=CC=CC=C1n1nc2ccccc2n1. The second-order valence-corrected chi connectivity index (χ2v) is 3.78. The van der Waals surface area contributed by atoms with Gasteiger partial charge in [0.1, 0.15) is 17.1 Å². The van der Waals surface area contributed by atoms with Crippen LogP contribution in [-0.4, -0.2) is 26.2 Å². The molecule has 4 nitrogen and oxygen atoms in total. The van der Waals surface area contributed by atoms with Crippen molar-refractivity contribution < 1.29 is 5.11 Å². The third-order valence-corrected chi connectivity index (χ3v) is 2.60. The lowest BCUT2D eigenvalue weighted by Crippen LogP contribution is -2.14. The van der Waals surface area contributed by atoms with Crippen molar-refractivity contribution in [3.63, 3.8) is 0 Å². The highest BCUT2D eigenvalue weighted by molar-refractivity contribution is 5.74. The molecule has 0 aliphatic heterocycles. The highest BCUT2D eigenvalue weighted by atomic mass is 16.3. The lowest BCUT2D eigenvalue weighted by atomic mass is 10.2. The molecule has 0 spiro atoms. The van der Waals surface area contributed by atoms with Crippen molar-refractivity contribution in [2.24, 2.45) is 0 Å². The maximum atomic E-state index is 9.93. The second kappa shape index (κ2) is 3.99. The molecule has 0 fully saturated rings. The maximum Gasteiger partial charge on any atom is 0.116 e. The number of benzene rings is 1. The summed E-state index contributed by atoms with van der Waals surface area (Å²) in [6, 6.07) is 7.63. The van der Waals surface area contributed by atoms with Gasteiger partial charge in [-0.1, -0.05) is 36.4 Å². The van der Waals surface area contributed by atoms with Gasteiger partial charge in [0, 0.05) is 0 Å². The summed E-state index contributed by atoms with van der Waals surface area (Å²) in [5.41, 5.74) is 2.28. The van der Waals surface area contributed by atoms with E-state index in [1.165, 1.54) is 4.80 Å². The lowest BCUT2D eigenvalue weighted by molar-refractivity contribution is 0.270. The predicted octanol–water partition coefficient (Wildman–Crippen LogP) is 1.76. The van der Waals surface area contributed by atoms with E-state index >= 15 is 0 Å². The average molecular weight is 225 g/mol. The molecule has 1 heterocycles. The van der Waals surface area contributed by atoms with E-state index in [2.05, 4.69) is 10.2 Å². The Labute approximate surface area is 98.2 Å². The van der Waals surface area contributed by atoms with Crippen LogP contribution in [-0.2, 0) is 0 Å². The number of rotatable bonds is 1. The number of aliphatic hydroxyl groups excluding tert-OH is 1. The van der Waals surface area contributed by atoms with E-state index in [1.807, 2.05) is 42.5 Å². The Balaban J connectivity index is 2.11. The van der Waals surface area contributed by atoms with E-state index in [-0.39, 0.29) is 0 Å². The van der Waals surface area contributed by atoms with E-state index in [0.29, 0.717) is 5.70 Å². The first-order valence-electron chi connectivity index (χ1n) is 5.40. The van der Waals surface area contributed by atoms with Gasteiger partial charge in [0.05, 0.1) is 5.70 Å². The molecule has 0 saturated heterocycles. The molecular weight excluding hydrogens is 214 g/mol. The van der Waals surface area contributed by atoms with Gasteiger partial charge in [-0.2, -0.15) is 4.80 Å². The zero-order valence-corrected chi connectivity index (χ0v) is 9.06. The fourth-order valence-corrected chi connectivity index (χ4v) is 1.75. The van der Waals surface area contributed by atoms with Crippen LogP contribution in [0.15, 0.2) is 54.6 Å². The minimum atomic E-state index is -0.688. The Bertz CT molecular complexity index is 604. The number of fused-ring (bicyclic) bond motifs is 1. The third-order valence-electron chi connectivity index (χ3n) is 2.60. The molecule has 1 N–H and O–H groups in total. The number of allylic oxidation sites excluding steroid dienone is 4. The predicted molar refractivity (Wildman–Crippen MR) is 66.1 cm³/mol. The largest absolute Gasteiger partial charge is 0.383 e. The molecular formula is C13H11N3O. The molecule has 0 amide bonds. The molecule has 1 aliphatic rings. The van der Waals surface area contributed by atoms with Crippen molar-refractivity contribution in [3.05, 3.63) is 54.6 Å². The summed E-state index contributed by atoms with van der Waals surface area (Å²) in [6.45, 7) is 0.